The normalized spacial score (nSPS) is 11.5. The minimum atomic E-state index is -0.0852. The van der Waals surface area contributed by atoms with Crippen LogP contribution in [0.2, 0.25) is 0 Å². The van der Waals surface area contributed by atoms with E-state index >= 15 is 0 Å². The molecule has 0 saturated heterocycles. The third-order valence-corrected chi connectivity index (χ3v) is 5.67. The van der Waals surface area contributed by atoms with Crippen molar-refractivity contribution in [3.8, 4) is 11.3 Å². The van der Waals surface area contributed by atoms with Gasteiger partial charge in [-0.05, 0) is 47.0 Å². The molecule has 0 radical (unpaired) electrons. The lowest BCUT2D eigenvalue weighted by Gasteiger charge is -2.12. The van der Waals surface area contributed by atoms with Crippen LogP contribution in [0.5, 0.6) is 0 Å². The van der Waals surface area contributed by atoms with Gasteiger partial charge in [0.05, 0.1) is 16.4 Å². The molecule has 2 aromatic carbocycles. The summed E-state index contributed by atoms with van der Waals surface area (Å²) in [5, 5.41) is 10.8. The van der Waals surface area contributed by atoms with Gasteiger partial charge in [0.1, 0.15) is 5.82 Å². The number of anilines is 1. The fraction of sp³-hybridized carbons (Fsp3) is 0.160. The molecule has 0 aliphatic heterocycles. The Balaban J connectivity index is 1.46. The molecule has 4 rings (SSSR count). The summed E-state index contributed by atoms with van der Waals surface area (Å²) in [4.78, 5) is 17.2. The summed E-state index contributed by atoms with van der Waals surface area (Å²) in [6.45, 7) is 4.91. The van der Waals surface area contributed by atoms with Gasteiger partial charge in [-0.1, -0.05) is 54.6 Å². The first-order valence-electron chi connectivity index (χ1n) is 10.4. The number of hydrogen-bond donors (Lipinski definition) is 2. The summed E-state index contributed by atoms with van der Waals surface area (Å²) < 4.78 is 2.58. The summed E-state index contributed by atoms with van der Waals surface area (Å²) in [5.74, 6) is 0.725. The van der Waals surface area contributed by atoms with Crippen molar-refractivity contribution in [2.75, 3.05) is 18.4 Å². The minimum Gasteiger partial charge on any atom is -0.368 e. The van der Waals surface area contributed by atoms with Crippen molar-refractivity contribution in [1.29, 1.82) is 0 Å². The number of aryl methyl sites for hydroxylation is 1. The van der Waals surface area contributed by atoms with E-state index in [2.05, 4.69) is 50.7 Å². The van der Waals surface area contributed by atoms with Crippen LogP contribution >= 0.6 is 15.9 Å². The van der Waals surface area contributed by atoms with Crippen LogP contribution in [0.3, 0.4) is 0 Å². The molecule has 0 fully saturated rings. The maximum Gasteiger partial charge on any atom is 0.246 e. The monoisotopic (exact) mass is 489 g/mol. The van der Waals surface area contributed by atoms with Gasteiger partial charge in [0.25, 0.3) is 0 Å². The van der Waals surface area contributed by atoms with E-state index in [0.717, 1.165) is 38.3 Å². The zero-order valence-corrected chi connectivity index (χ0v) is 19.6. The Morgan fingerprint density at radius 2 is 1.84 bits per heavy atom. The van der Waals surface area contributed by atoms with Crippen LogP contribution < -0.4 is 10.6 Å². The molecule has 0 bridgehead atoms. The van der Waals surface area contributed by atoms with E-state index in [0.29, 0.717) is 18.7 Å². The average molecular weight is 490 g/mol. The number of hydrogen-bond acceptors (Lipinski definition) is 4. The highest BCUT2D eigenvalue weighted by molar-refractivity contribution is 9.10. The number of aromatic nitrogens is 3. The quantitative estimate of drug-likeness (QED) is 0.279. The molecular weight excluding hydrogens is 466 g/mol. The molecule has 2 aromatic heterocycles. The van der Waals surface area contributed by atoms with Gasteiger partial charge < -0.3 is 10.6 Å². The maximum atomic E-state index is 12.4. The van der Waals surface area contributed by atoms with Crippen LogP contribution in [0.25, 0.3) is 23.0 Å². The summed E-state index contributed by atoms with van der Waals surface area (Å²) in [6.07, 6.45) is 3.61. The van der Waals surface area contributed by atoms with Gasteiger partial charge in [-0.2, -0.15) is 9.61 Å². The Hall–Kier alpha value is -3.45. The number of carbonyl (C=O) groups is 1. The molecule has 0 atom stereocenters. The standard InChI is InChI=1S/C25H24BrN5O/c1-17-8-6-7-11-20(17)22-15-23(31-24(30-22)21(26)16-29-31)27-12-13-28-25(32)18(2)14-19-9-4-3-5-10-19/h3-11,14-16,27H,12-13H2,1-2H3,(H,28,32)/b18-14+. The number of amides is 1. The largest absolute Gasteiger partial charge is 0.368 e. The van der Waals surface area contributed by atoms with Crippen molar-refractivity contribution in [3.05, 3.63) is 88.0 Å². The number of rotatable bonds is 7. The van der Waals surface area contributed by atoms with E-state index in [-0.39, 0.29) is 5.91 Å². The first kappa shape index (κ1) is 21.8. The predicted octanol–water partition coefficient (Wildman–Crippen LogP) is 5.10. The lowest BCUT2D eigenvalue weighted by Crippen LogP contribution is -2.29. The fourth-order valence-corrected chi connectivity index (χ4v) is 3.78. The van der Waals surface area contributed by atoms with Gasteiger partial charge in [-0.15, -0.1) is 0 Å². The Kier molecular flexibility index (Phi) is 6.66. The third kappa shape index (κ3) is 4.89. The molecule has 7 heteroatoms. The van der Waals surface area contributed by atoms with Crippen LogP contribution in [0.15, 0.2) is 76.9 Å². The van der Waals surface area contributed by atoms with Crippen molar-refractivity contribution in [2.45, 2.75) is 13.8 Å². The Morgan fingerprint density at radius 3 is 2.62 bits per heavy atom. The van der Waals surface area contributed by atoms with Gasteiger partial charge in [-0.3, -0.25) is 4.79 Å². The molecular formula is C25H24BrN5O. The highest BCUT2D eigenvalue weighted by Crippen LogP contribution is 2.27. The number of benzene rings is 2. The SMILES string of the molecule is C/C(=C\c1ccccc1)C(=O)NCCNc1cc(-c2ccccc2C)nc2c(Br)cnn12. The number of fused-ring (bicyclic) bond motifs is 1. The van der Waals surface area contributed by atoms with Gasteiger partial charge >= 0.3 is 0 Å². The zero-order chi connectivity index (χ0) is 22.5. The molecule has 0 aliphatic rings. The van der Waals surface area contributed by atoms with Crippen LogP contribution in [0.4, 0.5) is 5.82 Å². The van der Waals surface area contributed by atoms with Crippen molar-refractivity contribution < 1.29 is 4.79 Å². The zero-order valence-electron chi connectivity index (χ0n) is 18.0. The second-order valence-corrected chi connectivity index (χ2v) is 8.34. The number of carbonyl (C=O) groups excluding carboxylic acids is 1. The second-order valence-electron chi connectivity index (χ2n) is 7.49. The molecule has 0 unspecified atom stereocenters. The number of halogens is 1. The molecule has 6 nitrogen and oxygen atoms in total. The van der Waals surface area contributed by atoms with Gasteiger partial charge in [-0.25, -0.2) is 4.98 Å². The summed E-state index contributed by atoms with van der Waals surface area (Å²) in [6, 6.07) is 19.9. The molecule has 32 heavy (non-hydrogen) atoms. The molecule has 162 valence electrons. The molecule has 2 heterocycles. The Bertz CT molecular complexity index is 1280. The van der Waals surface area contributed by atoms with Crippen LogP contribution in [-0.2, 0) is 4.79 Å². The number of nitrogens with zero attached hydrogens (tertiary/aromatic N) is 3. The number of nitrogens with one attached hydrogen (secondary N) is 2. The van der Waals surface area contributed by atoms with E-state index in [9.17, 15) is 4.79 Å². The molecule has 1 amide bonds. The smallest absolute Gasteiger partial charge is 0.246 e. The topological polar surface area (TPSA) is 71.3 Å². The predicted molar refractivity (Wildman–Crippen MR) is 132 cm³/mol. The van der Waals surface area contributed by atoms with E-state index in [1.54, 1.807) is 10.7 Å². The fourth-order valence-electron chi connectivity index (χ4n) is 3.43. The Labute approximate surface area is 195 Å². The lowest BCUT2D eigenvalue weighted by atomic mass is 10.1. The van der Waals surface area contributed by atoms with Crippen molar-refractivity contribution in [1.82, 2.24) is 19.9 Å². The molecule has 4 aromatic rings. The van der Waals surface area contributed by atoms with E-state index < -0.39 is 0 Å². The molecule has 0 aliphatic carbocycles. The lowest BCUT2D eigenvalue weighted by molar-refractivity contribution is -0.117. The average Bonchev–Trinajstić information content (AvgIpc) is 3.18. The van der Waals surface area contributed by atoms with Gasteiger partial charge in [0.2, 0.25) is 5.91 Å². The van der Waals surface area contributed by atoms with Crippen LogP contribution in [0, 0.1) is 6.92 Å². The molecule has 0 saturated carbocycles. The van der Waals surface area contributed by atoms with Crippen molar-refractivity contribution >= 4 is 39.4 Å². The summed E-state index contributed by atoms with van der Waals surface area (Å²) in [7, 11) is 0. The Morgan fingerprint density at radius 1 is 1.09 bits per heavy atom. The van der Waals surface area contributed by atoms with Crippen LogP contribution in [-0.4, -0.2) is 33.6 Å². The highest BCUT2D eigenvalue weighted by Gasteiger charge is 2.12. The maximum absolute atomic E-state index is 12.4. The summed E-state index contributed by atoms with van der Waals surface area (Å²) in [5.41, 5.74) is 5.50. The van der Waals surface area contributed by atoms with Gasteiger partial charge in [0, 0.05) is 30.3 Å². The van der Waals surface area contributed by atoms with E-state index in [4.69, 9.17) is 4.98 Å². The second kappa shape index (κ2) is 9.78. The van der Waals surface area contributed by atoms with Crippen molar-refractivity contribution in [2.24, 2.45) is 0 Å². The first-order valence-corrected chi connectivity index (χ1v) is 11.2. The summed E-state index contributed by atoms with van der Waals surface area (Å²) >= 11 is 3.53. The molecule has 2 N–H and O–H groups in total. The van der Waals surface area contributed by atoms with Crippen molar-refractivity contribution in [3.63, 3.8) is 0 Å². The van der Waals surface area contributed by atoms with Gasteiger partial charge in [0.15, 0.2) is 5.65 Å². The first-order chi connectivity index (χ1) is 15.5. The van der Waals surface area contributed by atoms with Crippen LogP contribution in [0.1, 0.15) is 18.1 Å². The minimum absolute atomic E-state index is 0.0852. The molecule has 0 spiro atoms. The van der Waals surface area contributed by atoms with E-state index in [1.807, 2.05) is 61.5 Å². The van der Waals surface area contributed by atoms with E-state index in [1.165, 1.54) is 0 Å². The third-order valence-electron chi connectivity index (χ3n) is 5.11. The highest BCUT2D eigenvalue weighted by atomic mass is 79.9.